The van der Waals surface area contributed by atoms with Gasteiger partial charge in [0.2, 0.25) is 0 Å². The first-order chi connectivity index (χ1) is 12.3. The second kappa shape index (κ2) is 5.58. The first-order valence-corrected chi connectivity index (χ1v) is 10.0. The Bertz CT molecular complexity index is 1070. The number of rotatable bonds is 2. The second-order valence-electron chi connectivity index (χ2n) is 6.43. The molecule has 0 aliphatic carbocycles. The van der Waals surface area contributed by atoms with Gasteiger partial charge in [-0.3, -0.25) is 0 Å². The van der Waals surface area contributed by atoms with Crippen molar-refractivity contribution in [3.63, 3.8) is 0 Å². The van der Waals surface area contributed by atoms with Crippen LogP contribution < -0.4 is 4.74 Å². The van der Waals surface area contributed by atoms with E-state index in [0.717, 1.165) is 11.5 Å². The standard InChI is InChI=1S/C22H16OS2/c1-22(20-9-5-13-25-20)14-18(19-8-4-12-24-19)23-17-11-10-15-6-2-3-7-16(15)21(17)22/h2-14H,1H3. The molecule has 0 radical (unpaired) electrons. The van der Waals surface area contributed by atoms with Crippen LogP contribution >= 0.6 is 22.7 Å². The van der Waals surface area contributed by atoms with E-state index in [-0.39, 0.29) is 5.41 Å². The molecule has 0 amide bonds. The van der Waals surface area contributed by atoms with Crippen molar-refractivity contribution >= 4 is 39.2 Å². The van der Waals surface area contributed by atoms with Crippen LogP contribution in [-0.2, 0) is 5.41 Å². The van der Waals surface area contributed by atoms with Gasteiger partial charge in [0.1, 0.15) is 11.5 Å². The molecule has 0 saturated carbocycles. The number of ether oxygens (including phenoxy) is 1. The van der Waals surface area contributed by atoms with Gasteiger partial charge in [0.05, 0.1) is 10.3 Å². The SMILES string of the molecule is CC1(c2cccs2)C=C(c2cccs2)Oc2ccc3ccccc3c21. The van der Waals surface area contributed by atoms with Crippen LogP contribution in [0.5, 0.6) is 5.75 Å². The molecular formula is C22H16OS2. The monoisotopic (exact) mass is 360 g/mol. The van der Waals surface area contributed by atoms with Gasteiger partial charge in [-0.15, -0.1) is 22.7 Å². The lowest BCUT2D eigenvalue weighted by Gasteiger charge is -2.34. The summed E-state index contributed by atoms with van der Waals surface area (Å²) >= 11 is 3.52. The lowest BCUT2D eigenvalue weighted by Crippen LogP contribution is -2.25. The topological polar surface area (TPSA) is 9.23 Å². The minimum atomic E-state index is -0.206. The Kier molecular flexibility index (Phi) is 3.34. The minimum Gasteiger partial charge on any atom is -0.456 e. The molecule has 3 heterocycles. The molecule has 1 atom stereocenters. The molecule has 0 fully saturated rings. The highest BCUT2D eigenvalue weighted by Crippen LogP contribution is 2.49. The highest BCUT2D eigenvalue weighted by Gasteiger charge is 2.37. The molecule has 2 aromatic heterocycles. The second-order valence-corrected chi connectivity index (χ2v) is 8.32. The van der Waals surface area contributed by atoms with Crippen molar-refractivity contribution in [2.45, 2.75) is 12.3 Å². The summed E-state index contributed by atoms with van der Waals surface area (Å²) in [6.07, 6.45) is 2.29. The molecule has 1 nitrogen and oxygen atoms in total. The van der Waals surface area contributed by atoms with E-state index in [1.807, 2.05) is 0 Å². The maximum absolute atomic E-state index is 6.35. The van der Waals surface area contributed by atoms with Crippen molar-refractivity contribution in [1.82, 2.24) is 0 Å². The average Bonchev–Trinajstić information content (AvgIpc) is 3.35. The number of allylic oxidation sites excluding steroid dienone is 1. The van der Waals surface area contributed by atoms with Gasteiger partial charge in [-0.2, -0.15) is 0 Å². The number of hydrogen-bond donors (Lipinski definition) is 0. The fraction of sp³-hybridized carbons (Fsp3) is 0.0909. The summed E-state index contributed by atoms with van der Waals surface area (Å²) in [5.74, 6) is 1.91. The first-order valence-electron chi connectivity index (χ1n) is 8.26. The zero-order valence-electron chi connectivity index (χ0n) is 13.7. The number of fused-ring (bicyclic) bond motifs is 3. The summed E-state index contributed by atoms with van der Waals surface area (Å²) in [6.45, 7) is 2.31. The minimum absolute atomic E-state index is 0.206. The molecule has 0 spiro atoms. The molecule has 0 N–H and O–H groups in total. The van der Waals surface area contributed by atoms with Gasteiger partial charge in [-0.25, -0.2) is 0 Å². The summed E-state index contributed by atoms with van der Waals surface area (Å²) in [6, 6.07) is 21.4. The fourth-order valence-electron chi connectivity index (χ4n) is 3.66. The summed E-state index contributed by atoms with van der Waals surface area (Å²) in [4.78, 5) is 2.50. The van der Waals surface area contributed by atoms with Crippen molar-refractivity contribution in [3.05, 3.63) is 92.8 Å². The molecule has 25 heavy (non-hydrogen) atoms. The molecule has 1 aliphatic heterocycles. The van der Waals surface area contributed by atoms with E-state index >= 15 is 0 Å². The summed E-state index contributed by atoms with van der Waals surface area (Å²) in [5, 5.41) is 6.76. The van der Waals surface area contributed by atoms with Crippen molar-refractivity contribution in [3.8, 4) is 5.75 Å². The van der Waals surface area contributed by atoms with E-state index in [9.17, 15) is 0 Å². The van der Waals surface area contributed by atoms with Gasteiger partial charge in [0.25, 0.3) is 0 Å². The van der Waals surface area contributed by atoms with Crippen molar-refractivity contribution < 1.29 is 4.74 Å². The summed E-state index contributed by atoms with van der Waals surface area (Å²) < 4.78 is 6.35. The van der Waals surface area contributed by atoms with Gasteiger partial charge in [-0.1, -0.05) is 42.5 Å². The molecule has 0 saturated heterocycles. The zero-order chi connectivity index (χ0) is 16.9. The lowest BCUT2D eigenvalue weighted by molar-refractivity contribution is 0.475. The first kappa shape index (κ1) is 14.9. The summed E-state index contributed by atoms with van der Waals surface area (Å²) in [7, 11) is 0. The Morgan fingerprint density at radius 2 is 1.68 bits per heavy atom. The van der Waals surface area contributed by atoms with Gasteiger partial charge in [-0.05, 0) is 52.7 Å². The highest BCUT2D eigenvalue weighted by molar-refractivity contribution is 7.11. The van der Waals surface area contributed by atoms with Crippen LogP contribution in [0, 0.1) is 0 Å². The Hall–Kier alpha value is -2.36. The van der Waals surface area contributed by atoms with Crippen LogP contribution in [0.3, 0.4) is 0 Å². The van der Waals surface area contributed by atoms with Crippen LogP contribution in [0.2, 0.25) is 0 Å². The van der Waals surface area contributed by atoms with Crippen LogP contribution in [0.25, 0.3) is 16.5 Å². The van der Waals surface area contributed by atoms with Gasteiger partial charge in [0, 0.05) is 10.4 Å². The smallest absolute Gasteiger partial charge is 0.141 e. The quantitative estimate of drug-likeness (QED) is 0.386. The molecule has 1 unspecified atom stereocenters. The van der Waals surface area contributed by atoms with Gasteiger partial charge < -0.3 is 4.74 Å². The Balaban J connectivity index is 1.84. The molecule has 1 aliphatic rings. The third-order valence-electron chi connectivity index (χ3n) is 4.85. The van der Waals surface area contributed by atoms with Crippen LogP contribution in [0.15, 0.2) is 77.5 Å². The van der Waals surface area contributed by atoms with E-state index in [0.29, 0.717) is 0 Å². The molecule has 2 aromatic carbocycles. The van der Waals surface area contributed by atoms with Crippen molar-refractivity contribution in [2.75, 3.05) is 0 Å². The predicted octanol–water partition coefficient (Wildman–Crippen LogP) is 6.70. The Morgan fingerprint density at radius 1 is 0.840 bits per heavy atom. The van der Waals surface area contributed by atoms with Crippen molar-refractivity contribution in [2.24, 2.45) is 0 Å². The number of hydrogen-bond acceptors (Lipinski definition) is 3. The third-order valence-corrected chi connectivity index (χ3v) is 6.84. The normalized spacial score (nSPS) is 19.3. The summed E-state index contributed by atoms with van der Waals surface area (Å²) in [5.41, 5.74) is 1.05. The number of benzene rings is 2. The van der Waals surface area contributed by atoms with E-state index < -0.39 is 0 Å². The third kappa shape index (κ3) is 2.27. The number of thiophene rings is 2. The molecular weight excluding hydrogens is 344 g/mol. The Labute approximate surface area is 154 Å². The van der Waals surface area contributed by atoms with Crippen LogP contribution in [0.4, 0.5) is 0 Å². The highest BCUT2D eigenvalue weighted by atomic mass is 32.1. The van der Waals surface area contributed by atoms with E-state index in [1.165, 1.54) is 26.1 Å². The molecule has 0 bridgehead atoms. The Morgan fingerprint density at radius 3 is 2.48 bits per heavy atom. The molecule has 122 valence electrons. The molecule has 3 heteroatoms. The van der Waals surface area contributed by atoms with Gasteiger partial charge in [0.15, 0.2) is 0 Å². The van der Waals surface area contributed by atoms with Crippen LogP contribution in [0.1, 0.15) is 22.2 Å². The van der Waals surface area contributed by atoms with E-state index in [4.69, 9.17) is 4.74 Å². The maximum atomic E-state index is 6.35. The molecule has 5 rings (SSSR count). The fourth-order valence-corrected chi connectivity index (χ4v) is 5.21. The largest absolute Gasteiger partial charge is 0.456 e. The maximum Gasteiger partial charge on any atom is 0.141 e. The lowest BCUT2D eigenvalue weighted by atomic mass is 9.76. The predicted molar refractivity (Wildman–Crippen MR) is 108 cm³/mol. The van der Waals surface area contributed by atoms with E-state index in [1.54, 1.807) is 22.7 Å². The zero-order valence-corrected chi connectivity index (χ0v) is 15.4. The van der Waals surface area contributed by atoms with Gasteiger partial charge >= 0.3 is 0 Å². The van der Waals surface area contributed by atoms with Crippen molar-refractivity contribution in [1.29, 1.82) is 0 Å². The van der Waals surface area contributed by atoms with Crippen LogP contribution in [-0.4, -0.2) is 0 Å². The van der Waals surface area contributed by atoms with E-state index in [2.05, 4.69) is 84.4 Å². The molecule has 4 aromatic rings. The average molecular weight is 361 g/mol.